The molecule has 17 heavy (non-hydrogen) atoms. The molecular formula is C12H16N4O. The maximum atomic E-state index is 11.4. The summed E-state index contributed by atoms with van der Waals surface area (Å²) in [5, 5.41) is 11.3. The Bertz CT molecular complexity index is 421. The number of pyridine rings is 1. The molecule has 1 N–H and O–H groups in total. The van der Waals surface area contributed by atoms with Crippen molar-refractivity contribution in [1.82, 2.24) is 10.3 Å². The van der Waals surface area contributed by atoms with Crippen LogP contribution in [0.3, 0.4) is 0 Å². The molecule has 5 nitrogen and oxygen atoms in total. The number of aromatic nitrogens is 1. The third kappa shape index (κ3) is 3.45. The summed E-state index contributed by atoms with van der Waals surface area (Å²) in [6, 6.07) is 5.45. The van der Waals surface area contributed by atoms with Crippen LogP contribution in [0.25, 0.3) is 0 Å². The predicted molar refractivity (Wildman–Crippen MR) is 65.5 cm³/mol. The number of anilines is 1. The molecule has 5 heteroatoms. The molecule has 1 atom stereocenters. The quantitative estimate of drug-likeness (QED) is 0.832. The molecule has 0 aliphatic carbocycles. The van der Waals surface area contributed by atoms with Crippen LogP contribution < -0.4 is 10.2 Å². The lowest BCUT2D eigenvalue weighted by Crippen LogP contribution is -2.34. The van der Waals surface area contributed by atoms with Crippen molar-refractivity contribution in [1.29, 1.82) is 5.26 Å². The highest BCUT2D eigenvalue weighted by molar-refractivity contribution is 5.78. The highest BCUT2D eigenvalue weighted by Gasteiger charge is 2.13. The fourth-order valence-corrected chi connectivity index (χ4v) is 1.52. The highest BCUT2D eigenvalue weighted by atomic mass is 16.1. The van der Waals surface area contributed by atoms with Gasteiger partial charge in [0.1, 0.15) is 11.8 Å². The van der Waals surface area contributed by atoms with Gasteiger partial charge in [0.05, 0.1) is 17.8 Å². The Morgan fingerprint density at radius 3 is 2.82 bits per heavy atom. The van der Waals surface area contributed by atoms with Gasteiger partial charge >= 0.3 is 0 Å². The van der Waals surface area contributed by atoms with Gasteiger partial charge in [0, 0.05) is 20.6 Å². The highest BCUT2D eigenvalue weighted by Crippen LogP contribution is 2.12. The minimum atomic E-state index is -0.0966. The monoisotopic (exact) mass is 232 g/mol. The summed E-state index contributed by atoms with van der Waals surface area (Å²) in [5.74, 6) is -0.0842. The van der Waals surface area contributed by atoms with Crippen molar-refractivity contribution >= 4 is 11.6 Å². The van der Waals surface area contributed by atoms with Crippen molar-refractivity contribution in [3.8, 4) is 6.07 Å². The molecule has 1 aromatic rings. The first-order chi connectivity index (χ1) is 8.08. The average Bonchev–Trinajstić information content (AvgIpc) is 2.37. The second-order valence-electron chi connectivity index (χ2n) is 3.91. The van der Waals surface area contributed by atoms with Gasteiger partial charge in [-0.3, -0.25) is 4.79 Å². The fourth-order valence-electron chi connectivity index (χ4n) is 1.52. The van der Waals surface area contributed by atoms with E-state index in [2.05, 4.69) is 10.3 Å². The fraction of sp³-hybridized carbons (Fsp3) is 0.417. The molecule has 0 aromatic carbocycles. The Hall–Kier alpha value is -2.09. The molecule has 0 aliphatic heterocycles. The lowest BCUT2D eigenvalue weighted by molar-refractivity contribution is -0.123. The van der Waals surface area contributed by atoms with Crippen molar-refractivity contribution in [2.45, 2.75) is 6.92 Å². The molecular weight excluding hydrogens is 216 g/mol. The molecule has 0 bridgehead atoms. The van der Waals surface area contributed by atoms with Crippen LogP contribution in [-0.4, -0.2) is 31.5 Å². The second kappa shape index (κ2) is 5.85. The van der Waals surface area contributed by atoms with E-state index >= 15 is 0 Å². The molecule has 1 aromatic heterocycles. The third-order valence-electron chi connectivity index (χ3n) is 2.54. The normalized spacial score (nSPS) is 11.4. The molecule has 1 amide bonds. The van der Waals surface area contributed by atoms with Crippen molar-refractivity contribution in [3.63, 3.8) is 0 Å². The summed E-state index contributed by atoms with van der Waals surface area (Å²) in [7, 11) is 3.52. The topological polar surface area (TPSA) is 69.0 Å². The Labute approximate surface area is 101 Å². The maximum Gasteiger partial charge on any atom is 0.224 e. The molecule has 1 heterocycles. The standard InChI is InChI=1S/C12H16N4O/c1-9(12(17)14-2)8-16(3)11-5-4-10(6-13)15-7-11/h4-5,7,9H,8H2,1-3H3,(H,14,17). The predicted octanol–water partition coefficient (Wildman–Crippen LogP) is 0.772. The zero-order valence-electron chi connectivity index (χ0n) is 10.3. The number of nitrogens with one attached hydrogen (secondary N) is 1. The Kier molecular flexibility index (Phi) is 4.46. The number of nitriles is 1. The van der Waals surface area contributed by atoms with E-state index in [-0.39, 0.29) is 11.8 Å². The smallest absolute Gasteiger partial charge is 0.224 e. The van der Waals surface area contributed by atoms with E-state index in [4.69, 9.17) is 5.26 Å². The lowest BCUT2D eigenvalue weighted by Gasteiger charge is -2.22. The minimum absolute atomic E-state index is 0.0125. The van der Waals surface area contributed by atoms with Gasteiger partial charge in [0.15, 0.2) is 0 Å². The number of nitrogens with zero attached hydrogens (tertiary/aromatic N) is 3. The van der Waals surface area contributed by atoms with Crippen LogP contribution in [0.5, 0.6) is 0 Å². The van der Waals surface area contributed by atoms with Crippen molar-refractivity contribution < 1.29 is 4.79 Å². The Morgan fingerprint density at radius 1 is 1.65 bits per heavy atom. The van der Waals surface area contributed by atoms with Crippen molar-refractivity contribution in [3.05, 3.63) is 24.0 Å². The number of carbonyl (C=O) groups is 1. The van der Waals surface area contributed by atoms with Crippen LogP contribution >= 0.6 is 0 Å². The molecule has 90 valence electrons. The maximum absolute atomic E-state index is 11.4. The number of hydrogen-bond acceptors (Lipinski definition) is 4. The molecule has 0 radical (unpaired) electrons. The van der Waals surface area contributed by atoms with Crippen LogP contribution in [0, 0.1) is 17.2 Å². The van der Waals surface area contributed by atoms with E-state index in [1.54, 1.807) is 19.3 Å². The first-order valence-corrected chi connectivity index (χ1v) is 5.37. The van der Waals surface area contributed by atoms with Gasteiger partial charge in [-0.05, 0) is 12.1 Å². The summed E-state index contributed by atoms with van der Waals surface area (Å²) in [4.78, 5) is 17.3. The van der Waals surface area contributed by atoms with Crippen LogP contribution in [0.15, 0.2) is 18.3 Å². The number of hydrogen-bond donors (Lipinski definition) is 1. The van der Waals surface area contributed by atoms with Gasteiger partial charge in [-0.1, -0.05) is 6.92 Å². The van der Waals surface area contributed by atoms with Crippen LogP contribution in [-0.2, 0) is 4.79 Å². The second-order valence-corrected chi connectivity index (χ2v) is 3.91. The zero-order valence-corrected chi connectivity index (χ0v) is 10.3. The van der Waals surface area contributed by atoms with Crippen molar-refractivity contribution in [2.75, 3.05) is 25.5 Å². The molecule has 0 spiro atoms. The van der Waals surface area contributed by atoms with Crippen LogP contribution in [0.2, 0.25) is 0 Å². The molecule has 0 saturated carbocycles. The molecule has 0 aliphatic rings. The minimum Gasteiger partial charge on any atom is -0.373 e. The SMILES string of the molecule is CNC(=O)C(C)CN(C)c1ccc(C#N)nc1. The Balaban J connectivity index is 2.66. The van der Waals surface area contributed by atoms with E-state index in [0.717, 1.165) is 5.69 Å². The molecule has 1 rings (SSSR count). The average molecular weight is 232 g/mol. The van der Waals surface area contributed by atoms with Gasteiger partial charge in [-0.25, -0.2) is 4.98 Å². The van der Waals surface area contributed by atoms with Gasteiger partial charge in [0.25, 0.3) is 0 Å². The van der Waals surface area contributed by atoms with Gasteiger partial charge in [-0.15, -0.1) is 0 Å². The summed E-state index contributed by atoms with van der Waals surface area (Å²) in [6.45, 7) is 2.47. The van der Waals surface area contributed by atoms with Gasteiger partial charge in [-0.2, -0.15) is 5.26 Å². The van der Waals surface area contributed by atoms with E-state index in [1.165, 1.54) is 0 Å². The van der Waals surface area contributed by atoms with Crippen molar-refractivity contribution in [2.24, 2.45) is 5.92 Å². The van der Waals surface area contributed by atoms with Gasteiger partial charge < -0.3 is 10.2 Å². The number of rotatable bonds is 4. The summed E-state index contributed by atoms with van der Waals surface area (Å²) in [6.07, 6.45) is 1.63. The molecule has 1 unspecified atom stereocenters. The largest absolute Gasteiger partial charge is 0.373 e. The van der Waals surface area contributed by atoms with E-state index < -0.39 is 0 Å². The summed E-state index contributed by atoms with van der Waals surface area (Å²) < 4.78 is 0. The molecule has 0 saturated heterocycles. The third-order valence-corrected chi connectivity index (χ3v) is 2.54. The van der Waals surface area contributed by atoms with Gasteiger partial charge in [0.2, 0.25) is 5.91 Å². The first kappa shape index (κ1) is 13.0. The lowest BCUT2D eigenvalue weighted by atomic mass is 10.1. The number of carbonyl (C=O) groups excluding carboxylic acids is 1. The van der Waals surface area contributed by atoms with Crippen LogP contribution in [0.1, 0.15) is 12.6 Å². The summed E-state index contributed by atoms with van der Waals surface area (Å²) in [5.41, 5.74) is 1.28. The van der Waals surface area contributed by atoms with Crippen LogP contribution in [0.4, 0.5) is 5.69 Å². The van der Waals surface area contributed by atoms with E-state index in [9.17, 15) is 4.79 Å². The van der Waals surface area contributed by atoms with E-state index in [1.807, 2.05) is 31.0 Å². The Morgan fingerprint density at radius 2 is 2.35 bits per heavy atom. The van der Waals surface area contributed by atoms with E-state index in [0.29, 0.717) is 12.2 Å². The molecule has 0 fully saturated rings. The first-order valence-electron chi connectivity index (χ1n) is 5.37. The summed E-state index contributed by atoms with van der Waals surface area (Å²) >= 11 is 0. The number of amides is 1. The zero-order chi connectivity index (χ0) is 12.8.